The third-order valence-corrected chi connectivity index (χ3v) is 2.95. The van der Waals surface area contributed by atoms with E-state index in [-0.39, 0.29) is 18.3 Å². The maximum absolute atomic E-state index is 13.1. The van der Waals surface area contributed by atoms with Crippen molar-refractivity contribution in [3.63, 3.8) is 0 Å². The molecule has 0 heterocycles. The van der Waals surface area contributed by atoms with Gasteiger partial charge in [-0.25, -0.2) is 4.39 Å². The van der Waals surface area contributed by atoms with E-state index in [1.165, 1.54) is 6.07 Å². The molecule has 0 fully saturated rings. The predicted octanol–water partition coefficient (Wildman–Crippen LogP) is 3.84. The van der Waals surface area contributed by atoms with Crippen LogP contribution in [0.3, 0.4) is 0 Å². The van der Waals surface area contributed by atoms with Gasteiger partial charge in [0, 0.05) is 16.4 Å². The van der Waals surface area contributed by atoms with Crippen LogP contribution in [0.2, 0.25) is 5.02 Å². The first-order chi connectivity index (χ1) is 9.54. The van der Waals surface area contributed by atoms with Gasteiger partial charge in [0.1, 0.15) is 5.82 Å². The number of benzene rings is 2. The molecule has 0 radical (unpaired) electrons. The van der Waals surface area contributed by atoms with Crippen LogP contribution >= 0.6 is 11.6 Å². The lowest BCUT2D eigenvalue weighted by Crippen LogP contribution is -2.21. The van der Waals surface area contributed by atoms with Gasteiger partial charge in [-0.05, 0) is 48.9 Å². The maximum atomic E-state index is 13.1. The van der Waals surface area contributed by atoms with Crippen molar-refractivity contribution in [3.05, 3.63) is 58.9 Å². The number of aryl methyl sites for hydroxylation is 1. The SMILES string of the molecule is Cc1cc(NCC(=O)Nc2cccc(Cl)c2)ccc1F. The van der Waals surface area contributed by atoms with Gasteiger partial charge in [-0.3, -0.25) is 4.79 Å². The lowest BCUT2D eigenvalue weighted by molar-refractivity contribution is -0.114. The van der Waals surface area contributed by atoms with E-state index < -0.39 is 0 Å². The molecule has 0 aliphatic rings. The van der Waals surface area contributed by atoms with Crippen molar-refractivity contribution in [1.29, 1.82) is 0 Å². The van der Waals surface area contributed by atoms with Crippen molar-refractivity contribution in [3.8, 4) is 0 Å². The highest BCUT2D eigenvalue weighted by Crippen LogP contribution is 2.15. The first kappa shape index (κ1) is 14.3. The van der Waals surface area contributed by atoms with Crippen LogP contribution in [-0.4, -0.2) is 12.5 Å². The summed E-state index contributed by atoms with van der Waals surface area (Å²) >= 11 is 5.83. The third kappa shape index (κ3) is 3.96. The molecule has 0 aromatic heterocycles. The molecule has 5 heteroatoms. The molecule has 0 saturated carbocycles. The number of halogens is 2. The summed E-state index contributed by atoms with van der Waals surface area (Å²) in [5.41, 5.74) is 1.87. The zero-order valence-corrected chi connectivity index (χ0v) is 11.7. The molecule has 0 saturated heterocycles. The van der Waals surface area contributed by atoms with E-state index in [0.29, 0.717) is 22.0 Å². The van der Waals surface area contributed by atoms with E-state index in [1.54, 1.807) is 43.3 Å². The fourth-order valence-corrected chi connectivity index (χ4v) is 1.90. The number of hydrogen-bond acceptors (Lipinski definition) is 2. The lowest BCUT2D eigenvalue weighted by atomic mass is 10.2. The zero-order valence-electron chi connectivity index (χ0n) is 10.9. The molecule has 0 aliphatic heterocycles. The minimum Gasteiger partial charge on any atom is -0.376 e. The highest BCUT2D eigenvalue weighted by molar-refractivity contribution is 6.30. The monoisotopic (exact) mass is 292 g/mol. The Bertz CT molecular complexity index is 631. The molecule has 3 nitrogen and oxygen atoms in total. The topological polar surface area (TPSA) is 41.1 Å². The standard InChI is InChI=1S/C15H14ClFN2O/c1-10-7-12(5-6-14(10)17)18-9-15(20)19-13-4-2-3-11(16)8-13/h2-8,18H,9H2,1H3,(H,19,20). The van der Waals surface area contributed by atoms with Crippen LogP contribution in [0.25, 0.3) is 0 Å². The van der Waals surface area contributed by atoms with E-state index in [9.17, 15) is 9.18 Å². The number of nitrogens with one attached hydrogen (secondary N) is 2. The third-order valence-electron chi connectivity index (χ3n) is 2.72. The van der Waals surface area contributed by atoms with Crippen molar-refractivity contribution in [2.75, 3.05) is 17.2 Å². The van der Waals surface area contributed by atoms with Crippen LogP contribution in [-0.2, 0) is 4.79 Å². The molecule has 0 atom stereocenters. The molecule has 0 bridgehead atoms. The molecule has 20 heavy (non-hydrogen) atoms. The second-order valence-electron chi connectivity index (χ2n) is 4.38. The Balaban J connectivity index is 1.90. The second kappa shape index (κ2) is 6.39. The van der Waals surface area contributed by atoms with E-state index in [4.69, 9.17) is 11.6 Å². The number of amides is 1. The van der Waals surface area contributed by atoms with Crippen molar-refractivity contribution in [1.82, 2.24) is 0 Å². The lowest BCUT2D eigenvalue weighted by Gasteiger charge is -2.09. The van der Waals surface area contributed by atoms with Crippen molar-refractivity contribution in [2.45, 2.75) is 6.92 Å². The molecule has 2 aromatic carbocycles. The summed E-state index contributed by atoms with van der Waals surface area (Å²) in [5.74, 6) is -0.465. The molecule has 2 aromatic rings. The highest BCUT2D eigenvalue weighted by Gasteiger charge is 2.04. The summed E-state index contributed by atoms with van der Waals surface area (Å²) in [4.78, 5) is 11.8. The van der Waals surface area contributed by atoms with Crippen molar-refractivity contribution >= 4 is 28.9 Å². The molecule has 0 unspecified atom stereocenters. The van der Waals surface area contributed by atoms with Crippen LogP contribution in [0.4, 0.5) is 15.8 Å². The molecule has 2 rings (SSSR count). The number of hydrogen-bond donors (Lipinski definition) is 2. The second-order valence-corrected chi connectivity index (χ2v) is 4.81. The summed E-state index contributed by atoms with van der Waals surface area (Å²) < 4.78 is 13.1. The van der Waals surface area contributed by atoms with Gasteiger partial charge in [0.05, 0.1) is 6.54 Å². The number of anilines is 2. The van der Waals surface area contributed by atoms with Crippen LogP contribution in [0, 0.1) is 12.7 Å². The van der Waals surface area contributed by atoms with Crippen molar-refractivity contribution < 1.29 is 9.18 Å². The van der Waals surface area contributed by atoms with E-state index in [1.807, 2.05) is 0 Å². The summed E-state index contributed by atoms with van der Waals surface area (Å²) in [5, 5.41) is 6.21. The van der Waals surface area contributed by atoms with Gasteiger partial charge in [0.15, 0.2) is 0 Å². The Hall–Kier alpha value is -2.07. The van der Waals surface area contributed by atoms with Gasteiger partial charge in [0.2, 0.25) is 5.91 Å². The Kier molecular flexibility index (Phi) is 4.58. The van der Waals surface area contributed by atoms with Gasteiger partial charge in [-0.1, -0.05) is 17.7 Å². The van der Waals surface area contributed by atoms with E-state index in [0.717, 1.165) is 0 Å². The fourth-order valence-electron chi connectivity index (χ4n) is 1.71. The van der Waals surface area contributed by atoms with E-state index in [2.05, 4.69) is 10.6 Å². The molecule has 0 spiro atoms. The quantitative estimate of drug-likeness (QED) is 0.899. The molecule has 0 aliphatic carbocycles. The van der Waals surface area contributed by atoms with E-state index >= 15 is 0 Å². The summed E-state index contributed by atoms with van der Waals surface area (Å²) in [6, 6.07) is 11.5. The number of rotatable bonds is 4. The van der Waals surface area contributed by atoms with Crippen LogP contribution in [0.1, 0.15) is 5.56 Å². The Morgan fingerprint density at radius 1 is 1.20 bits per heavy atom. The molecule has 1 amide bonds. The van der Waals surface area contributed by atoms with Gasteiger partial charge in [0.25, 0.3) is 0 Å². The highest BCUT2D eigenvalue weighted by atomic mass is 35.5. The van der Waals surface area contributed by atoms with Gasteiger partial charge < -0.3 is 10.6 Å². The summed E-state index contributed by atoms with van der Waals surface area (Å²) in [6.07, 6.45) is 0. The maximum Gasteiger partial charge on any atom is 0.243 e. The average molecular weight is 293 g/mol. The van der Waals surface area contributed by atoms with Gasteiger partial charge in [-0.15, -0.1) is 0 Å². The van der Waals surface area contributed by atoms with Crippen LogP contribution in [0.5, 0.6) is 0 Å². The minimum absolute atomic E-state index is 0.0948. The Labute approximate surface area is 121 Å². The first-order valence-corrected chi connectivity index (χ1v) is 6.48. The smallest absolute Gasteiger partial charge is 0.243 e. The Morgan fingerprint density at radius 3 is 2.70 bits per heavy atom. The first-order valence-electron chi connectivity index (χ1n) is 6.10. The number of carbonyl (C=O) groups excluding carboxylic acids is 1. The zero-order chi connectivity index (χ0) is 14.5. The normalized spacial score (nSPS) is 10.2. The van der Waals surface area contributed by atoms with Crippen molar-refractivity contribution in [2.24, 2.45) is 0 Å². The molecule has 104 valence electrons. The summed E-state index contributed by atoms with van der Waals surface area (Å²) in [6.45, 7) is 1.77. The fraction of sp³-hybridized carbons (Fsp3) is 0.133. The van der Waals surface area contributed by atoms with Gasteiger partial charge in [-0.2, -0.15) is 0 Å². The summed E-state index contributed by atoms with van der Waals surface area (Å²) in [7, 11) is 0. The predicted molar refractivity (Wildman–Crippen MR) is 79.7 cm³/mol. The number of carbonyl (C=O) groups is 1. The molecular weight excluding hydrogens is 279 g/mol. The largest absolute Gasteiger partial charge is 0.376 e. The Morgan fingerprint density at radius 2 is 2.00 bits per heavy atom. The average Bonchev–Trinajstić information content (AvgIpc) is 2.40. The van der Waals surface area contributed by atoms with Gasteiger partial charge >= 0.3 is 0 Å². The molecular formula is C15H14ClFN2O. The van der Waals surface area contributed by atoms with Crippen LogP contribution < -0.4 is 10.6 Å². The van der Waals surface area contributed by atoms with Crippen LogP contribution in [0.15, 0.2) is 42.5 Å². The molecule has 2 N–H and O–H groups in total. The minimum atomic E-state index is -0.265.